The van der Waals surface area contributed by atoms with E-state index in [1.54, 1.807) is 0 Å². The van der Waals surface area contributed by atoms with Crippen molar-refractivity contribution < 1.29 is 9.53 Å². The number of esters is 1. The topological polar surface area (TPSA) is 56.5 Å². The second kappa shape index (κ2) is 6.19. The molecule has 5 heteroatoms. The molecule has 2 aliphatic carbocycles. The molecule has 0 aliphatic heterocycles. The third kappa shape index (κ3) is 2.80. The molecule has 0 amide bonds. The summed E-state index contributed by atoms with van der Waals surface area (Å²) < 4.78 is 7.36. The maximum absolute atomic E-state index is 12.1. The van der Waals surface area contributed by atoms with E-state index in [4.69, 9.17) is 4.74 Å². The number of nitrogens with zero attached hydrogens (tertiary/aromatic N) is 3. The van der Waals surface area contributed by atoms with Crippen LogP contribution in [0.25, 0.3) is 5.65 Å². The van der Waals surface area contributed by atoms with Crippen LogP contribution in [-0.2, 0) is 16.0 Å². The van der Waals surface area contributed by atoms with E-state index in [1.165, 1.54) is 25.7 Å². The summed E-state index contributed by atoms with van der Waals surface area (Å²) in [4.78, 5) is 16.6. The summed E-state index contributed by atoms with van der Waals surface area (Å²) in [6.07, 6.45) is 10.6. The Kier molecular flexibility index (Phi) is 4.02. The zero-order valence-electron chi connectivity index (χ0n) is 14.5. The van der Waals surface area contributed by atoms with E-state index in [0.29, 0.717) is 18.4 Å². The zero-order chi connectivity index (χ0) is 16.7. The van der Waals surface area contributed by atoms with Gasteiger partial charge in [-0.25, -0.2) is 9.50 Å². The Morgan fingerprint density at radius 1 is 1.29 bits per heavy atom. The first-order chi connectivity index (χ1) is 11.6. The highest BCUT2D eigenvalue weighted by Gasteiger charge is 2.55. The molecule has 0 N–H and O–H groups in total. The van der Waals surface area contributed by atoms with Crippen molar-refractivity contribution in [3.63, 3.8) is 0 Å². The molecule has 0 radical (unpaired) electrons. The van der Waals surface area contributed by atoms with Crippen LogP contribution in [0.15, 0.2) is 12.4 Å². The molecule has 2 atom stereocenters. The second-order valence-electron chi connectivity index (χ2n) is 7.35. The minimum absolute atomic E-state index is 0.0406. The number of ether oxygens (including phenoxy) is 1. The van der Waals surface area contributed by atoms with E-state index in [-0.39, 0.29) is 11.9 Å². The predicted octanol–water partition coefficient (Wildman–Crippen LogP) is 3.26. The number of hydrogen-bond donors (Lipinski definition) is 0. The van der Waals surface area contributed by atoms with Crippen LogP contribution in [0, 0.1) is 31.6 Å². The SMILES string of the molecule is Cc1nn2cc(CCCOC(=O)C3[C@@H]4CCCC[C@@H]34)cnc2c1C. The van der Waals surface area contributed by atoms with Crippen LogP contribution in [0.2, 0.25) is 0 Å². The van der Waals surface area contributed by atoms with Gasteiger partial charge in [-0.15, -0.1) is 0 Å². The fourth-order valence-corrected chi connectivity index (χ4v) is 4.21. The van der Waals surface area contributed by atoms with Crippen LogP contribution in [-0.4, -0.2) is 27.2 Å². The summed E-state index contributed by atoms with van der Waals surface area (Å²) in [5.74, 6) is 1.51. The van der Waals surface area contributed by atoms with Crippen LogP contribution in [0.3, 0.4) is 0 Å². The van der Waals surface area contributed by atoms with Crippen molar-refractivity contribution in [2.45, 2.75) is 52.4 Å². The van der Waals surface area contributed by atoms with Gasteiger partial charge >= 0.3 is 5.97 Å². The first-order valence-electron chi connectivity index (χ1n) is 9.12. The number of aryl methyl sites for hydroxylation is 3. The lowest BCUT2D eigenvalue weighted by Crippen LogP contribution is -2.10. The van der Waals surface area contributed by atoms with Crippen LogP contribution in [0.1, 0.15) is 48.9 Å². The molecule has 128 valence electrons. The quantitative estimate of drug-likeness (QED) is 0.625. The van der Waals surface area contributed by atoms with Gasteiger partial charge in [-0.05, 0) is 56.9 Å². The largest absolute Gasteiger partial charge is 0.465 e. The van der Waals surface area contributed by atoms with Gasteiger partial charge in [0.1, 0.15) is 0 Å². The van der Waals surface area contributed by atoms with Gasteiger partial charge in [0.15, 0.2) is 5.65 Å². The van der Waals surface area contributed by atoms with Crippen molar-refractivity contribution in [3.8, 4) is 0 Å². The second-order valence-corrected chi connectivity index (χ2v) is 7.35. The minimum atomic E-state index is 0.0406. The van der Waals surface area contributed by atoms with Crippen LogP contribution in [0.5, 0.6) is 0 Å². The molecule has 4 rings (SSSR count). The molecular weight excluding hydrogens is 302 g/mol. The first kappa shape index (κ1) is 15.6. The molecule has 24 heavy (non-hydrogen) atoms. The molecule has 0 bridgehead atoms. The molecule has 2 fully saturated rings. The van der Waals surface area contributed by atoms with Gasteiger partial charge < -0.3 is 4.74 Å². The maximum Gasteiger partial charge on any atom is 0.309 e. The standard InChI is InChI=1S/C19H25N3O2/c1-12-13(2)21-22-11-14(10-20-18(12)22)6-5-9-24-19(23)17-15-7-3-4-8-16(15)17/h10-11,15-17H,3-9H2,1-2H3/t15-,16-/m1/s1. The van der Waals surface area contributed by atoms with Crippen LogP contribution < -0.4 is 0 Å². The lowest BCUT2D eigenvalue weighted by molar-refractivity contribution is -0.146. The van der Waals surface area contributed by atoms with Gasteiger partial charge in [-0.1, -0.05) is 12.8 Å². The van der Waals surface area contributed by atoms with E-state index in [1.807, 2.05) is 30.8 Å². The summed E-state index contributed by atoms with van der Waals surface area (Å²) in [6.45, 7) is 4.54. The molecule has 2 aliphatic rings. The molecular formula is C19H25N3O2. The molecule has 0 saturated heterocycles. The summed E-state index contributed by atoms with van der Waals surface area (Å²) >= 11 is 0. The minimum Gasteiger partial charge on any atom is -0.465 e. The van der Waals surface area contributed by atoms with Gasteiger partial charge in [0.05, 0.1) is 18.2 Å². The molecule has 5 nitrogen and oxygen atoms in total. The van der Waals surface area contributed by atoms with Gasteiger partial charge in [0.2, 0.25) is 0 Å². The Labute approximate surface area is 142 Å². The molecule has 2 saturated carbocycles. The van der Waals surface area contributed by atoms with Crippen LogP contribution >= 0.6 is 0 Å². The van der Waals surface area contributed by atoms with Gasteiger partial charge in [-0.2, -0.15) is 5.10 Å². The van der Waals surface area contributed by atoms with E-state index in [2.05, 4.69) is 10.1 Å². The summed E-state index contributed by atoms with van der Waals surface area (Å²) in [5, 5.41) is 4.47. The Morgan fingerprint density at radius 2 is 2.04 bits per heavy atom. The molecule has 0 aromatic carbocycles. The number of rotatable bonds is 5. The van der Waals surface area contributed by atoms with Crippen molar-refractivity contribution in [3.05, 3.63) is 29.2 Å². The highest BCUT2D eigenvalue weighted by atomic mass is 16.5. The van der Waals surface area contributed by atoms with Crippen molar-refractivity contribution in [1.82, 2.24) is 14.6 Å². The van der Waals surface area contributed by atoms with Crippen LogP contribution in [0.4, 0.5) is 0 Å². The number of aromatic nitrogens is 3. The highest BCUT2D eigenvalue weighted by Crippen LogP contribution is 2.55. The summed E-state index contributed by atoms with van der Waals surface area (Å²) in [5.41, 5.74) is 4.18. The Bertz CT molecular complexity index is 755. The average Bonchev–Trinajstić information content (AvgIpc) is 3.25. The molecule has 0 spiro atoms. The van der Waals surface area contributed by atoms with E-state index < -0.39 is 0 Å². The number of carbonyl (C=O) groups is 1. The van der Waals surface area contributed by atoms with Crippen molar-refractivity contribution in [1.29, 1.82) is 0 Å². The third-order valence-corrected chi connectivity index (χ3v) is 5.78. The molecule has 2 aromatic heterocycles. The number of hydrogen-bond acceptors (Lipinski definition) is 4. The highest BCUT2D eigenvalue weighted by molar-refractivity contribution is 5.76. The molecule has 2 heterocycles. The third-order valence-electron chi connectivity index (χ3n) is 5.78. The smallest absolute Gasteiger partial charge is 0.309 e. The summed E-state index contributed by atoms with van der Waals surface area (Å²) in [6, 6.07) is 0. The lowest BCUT2D eigenvalue weighted by atomic mass is 10.0. The van der Waals surface area contributed by atoms with E-state index in [9.17, 15) is 4.79 Å². The van der Waals surface area contributed by atoms with Gasteiger partial charge in [0, 0.05) is 18.0 Å². The lowest BCUT2D eigenvalue weighted by Gasteiger charge is -2.05. The predicted molar refractivity (Wildman–Crippen MR) is 90.7 cm³/mol. The summed E-state index contributed by atoms with van der Waals surface area (Å²) in [7, 11) is 0. The van der Waals surface area contributed by atoms with Crippen molar-refractivity contribution in [2.24, 2.45) is 17.8 Å². The fraction of sp³-hybridized carbons (Fsp3) is 0.632. The van der Waals surface area contributed by atoms with Crippen molar-refractivity contribution >= 4 is 11.6 Å². The first-order valence-corrected chi connectivity index (χ1v) is 9.12. The fourth-order valence-electron chi connectivity index (χ4n) is 4.21. The normalized spacial score (nSPS) is 25.5. The number of fused-ring (bicyclic) bond motifs is 2. The average molecular weight is 327 g/mol. The Morgan fingerprint density at radius 3 is 2.79 bits per heavy atom. The zero-order valence-corrected chi connectivity index (χ0v) is 14.5. The van der Waals surface area contributed by atoms with E-state index in [0.717, 1.165) is 35.3 Å². The molecule has 0 unspecified atom stereocenters. The Balaban J connectivity index is 1.26. The number of carbonyl (C=O) groups excluding carboxylic acids is 1. The van der Waals surface area contributed by atoms with Crippen molar-refractivity contribution in [2.75, 3.05) is 6.61 Å². The maximum atomic E-state index is 12.1. The molecule has 2 aromatic rings. The van der Waals surface area contributed by atoms with E-state index >= 15 is 0 Å². The van der Waals surface area contributed by atoms with Gasteiger partial charge in [-0.3, -0.25) is 4.79 Å². The monoisotopic (exact) mass is 327 g/mol. The Hall–Kier alpha value is -1.91. The van der Waals surface area contributed by atoms with Gasteiger partial charge in [0.25, 0.3) is 0 Å².